The number of rotatable bonds is 14. The second kappa shape index (κ2) is 12.6. The molecule has 4 nitrogen and oxygen atoms in total. The third-order valence-corrected chi connectivity index (χ3v) is 8.37. The molecule has 6 heteroatoms. The van der Waals surface area contributed by atoms with Crippen molar-refractivity contribution in [3.63, 3.8) is 0 Å². The average Bonchev–Trinajstić information content (AvgIpc) is 3.12. The summed E-state index contributed by atoms with van der Waals surface area (Å²) in [6, 6.07) is 11.7. The first-order chi connectivity index (χ1) is 16.8. The molecular formula is C29H44B2O4. The molecular weight excluding hydrogens is 434 g/mol. The third-order valence-electron chi connectivity index (χ3n) is 8.37. The quantitative estimate of drug-likeness (QED) is 0.301. The molecule has 0 spiro atoms. The highest BCUT2D eigenvalue weighted by molar-refractivity contribution is 6.59. The molecule has 0 fully saturated rings. The molecule has 2 aromatic carbocycles. The van der Waals surface area contributed by atoms with Crippen molar-refractivity contribution in [1.82, 2.24) is 0 Å². The second-order valence-electron chi connectivity index (χ2n) is 10.7. The molecule has 0 amide bonds. The maximum atomic E-state index is 10.0. The Morgan fingerprint density at radius 2 is 1.06 bits per heavy atom. The minimum absolute atomic E-state index is 0.288. The van der Waals surface area contributed by atoms with Crippen LogP contribution < -0.4 is 10.9 Å². The van der Waals surface area contributed by atoms with Gasteiger partial charge in [-0.3, -0.25) is 0 Å². The van der Waals surface area contributed by atoms with E-state index in [1.807, 2.05) is 24.3 Å². The maximum absolute atomic E-state index is 10.0. The van der Waals surface area contributed by atoms with Crippen LogP contribution in [0.25, 0.3) is 11.1 Å². The Labute approximate surface area is 213 Å². The van der Waals surface area contributed by atoms with Crippen LogP contribution >= 0.6 is 0 Å². The van der Waals surface area contributed by atoms with Gasteiger partial charge in [0.1, 0.15) is 0 Å². The van der Waals surface area contributed by atoms with Gasteiger partial charge in [-0.15, -0.1) is 0 Å². The summed E-state index contributed by atoms with van der Waals surface area (Å²) in [5, 5.41) is 40.1. The fraction of sp³-hybridized carbons (Fsp3) is 0.586. The molecule has 2 atom stereocenters. The Morgan fingerprint density at radius 3 is 1.37 bits per heavy atom. The summed E-state index contributed by atoms with van der Waals surface area (Å²) in [4.78, 5) is 0. The summed E-state index contributed by atoms with van der Waals surface area (Å²) in [5.41, 5.74) is 5.37. The van der Waals surface area contributed by atoms with Crippen LogP contribution in [0, 0.1) is 11.8 Å². The number of hydrogen-bond acceptors (Lipinski definition) is 4. The molecule has 190 valence electrons. The fourth-order valence-corrected chi connectivity index (χ4v) is 6.25. The van der Waals surface area contributed by atoms with E-state index >= 15 is 0 Å². The van der Waals surface area contributed by atoms with Crippen molar-refractivity contribution in [3.8, 4) is 11.1 Å². The van der Waals surface area contributed by atoms with Gasteiger partial charge in [0.05, 0.1) is 0 Å². The van der Waals surface area contributed by atoms with Gasteiger partial charge in [0, 0.05) is 5.41 Å². The Balaban J connectivity index is 2.25. The molecule has 0 saturated heterocycles. The summed E-state index contributed by atoms with van der Waals surface area (Å²) >= 11 is 0. The summed E-state index contributed by atoms with van der Waals surface area (Å²) in [5.74, 6) is 1.09. The van der Waals surface area contributed by atoms with Gasteiger partial charge < -0.3 is 20.1 Å². The van der Waals surface area contributed by atoms with Crippen LogP contribution in [0.3, 0.4) is 0 Å². The van der Waals surface area contributed by atoms with Gasteiger partial charge in [0.2, 0.25) is 0 Å². The van der Waals surface area contributed by atoms with Gasteiger partial charge in [-0.1, -0.05) is 115 Å². The first kappa shape index (κ1) is 28.0. The minimum atomic E-state index is -1.51. The average molecular weight is 478 g/mol. The van der Waals surface area contributed by atoms with Gasteiger partial charge in [-0.05, 0) is 57.9 Å². The van der Waals surface area contributed by atoms with Gasteiger partial charge in [0.15, 0.2) is 0 Å². The molecule has 0 aliphatic heterocycles. The standard InChI is InChI=1S/C29H44B2O4/c1-5-9-11-21(7-3)19-29(20-22(8-4)12-10-6-2)27-17-23(30(32)33)13-15-25(27)26-16-14-24(31(34)35)18-28(26)29/h13-18,21-22,32-35H,5-12,19-20H2,1-4H3/t21-,22+. The van der Waals surface area contributed by atoms with Gasteiger partial charge in [-0.25, -0.2) is 0 Å². The largest absolute Gasteiger partial charge is 0.488 e. The lowest BCUT2D eigenvalue weighted by molar-refractivity contribution is 0.266. The Bertz CT molecular complexity index is 882. The zero-order valence-corrected chi connectivity index (χ0v) is 22.1. The normalized spacial score (nSPS) is 15.4. The minimum Gasteiger partial charge on any atom is -0.423 e. The van der Waals surface area contributed by atoms with E-state index in [0.29, 0.717) is 22.8 Å². The van der Waals surface area contributed by atoms with Crippen molar-refractivity contribution in [2.75, 3.05) is 0 Å². The van der Waals surface area contributed by atoms with Crippen molar-refractivity contribution in [1.29, 1.82) is 0 Å². The van der Waals surface area contributed by atoms with Crippen LogP contribution in [-0.4, -0.2) is 34.3 Å². The number of benzene rings is 2. The molecule has 3 rings (SSSR count). The zero-order chi connectivity index (χ0) is 25.6. The predicted octanol–water partition coefficient (Wildman–Crippen LogP) is 4.53. The van der Waals surface area contributed by atoms with Gasteiger partial charge >= 0.3 is 14.2 Å². The summed E-state index contributed by atoms with van der Waals surface area (Å²) in [7, 11) is -3.03. The zero-order valence-electron chi connectivity index (χ0n) is 22.1. The van der Waals surface area contributed by atoms with Crippen molar-refractivity contribution >= 4 is 25.2 Å². The van der Waals surface area contributed by atoms with Crippen LogP contribution in [0.5, 0.6) is 0 Å². The molecule has 0 aromatic heterocycles. The predicted molar refractivity (Wildman–Crippen MR) is 148 cm³/mol. The molecule has 0 radical (unpaired) electrons. The summed E-state index contributed by atoms with van der Waals surface area (Å²) < 4.78 is 0. The van der Waals surface area contributed by atoms with Gasteiger partial charge in [0.25, 0.3) is 0 Å². The highest BCUT2D eigenvalue weighted by atomic mass is 16.4. The molecule has 0 bridgehead atoms. The number of hydrogen-bond donors (Lipinski definition) is 4. The monoisotopic (exact) mass is 478 g/mol. The van der Waals surface area contributed by atoms with Crippen LogP contribution in [0.4, 0.5) is 0 Å². The SMILES string of the molecule is CCCC[C@@H](CC)CC1(C[C@@H](CC)CCCC)c2cc(B(O)O)ccc2-c2ccc(B(O)O)cc21. The molecule has 0 heterocycles. The first-order valence-electron chi connectivity index (χ1n) is 13.8. The Morgan fingerprint density at radius 1 is 0.657 bits per heavy atom. The molecule has 1 aliphatic rings. The van der Waals surface area contributed by atoms with Crippen LogP contribution in [0.1, 0.15) is 103 Å². The van der Waals surface area contributed by atoms with E-state index in [1.165, 1.54) is 49.7 Å². The van der Waals surface area contributed by atoms with E-state index < -0.39 is 14.2 Å². The van der Waals surface area contributed by atoms with E-state index in [4.69, 9.17) is 0 Å². The maximum Gasteiger partial charge on any atom is 0.488 e. The molecule has 1 aliphatic carbocycles. The lowest BCUT2D eigenvalue weighted by Crippen LogP contribution is -2.36. The highest BCUT2D eigenvalue weighted by Crippen LogP contribution is 2.55. The lowest BCUT2D eigenvalue weighted by atomic mass is 9.63. The topological polar surface area (TPSA) is 80.9 Å². The van der Waals surface area contributed by atoms with Crippen molar-refractivity contribution in [2.24, 2.45) is 11.8 Å². The molecule has 2 aromatic rings. The number of fused-ring (bicyclic) bond motifs is 3. The highest BCUT2D eigenvalue weighted by Gasteiger charge is 2.46. The summed E-state index contributed by atoms with van der Waals surface area (Å²) in [6.45, 7) is 9.04. The summed E-state index contributed by atoms with van der Waals surface area (Å²) in [6.07, 6.45) is 11.3. The molecule has 4 N–H and O–H groups in total. The van der Waals surface area contributed by atoms with Crippen molar-refractivity contribution in [3.05, 3.63) is 47.5 Å². The van der Waals surface area contributed by atoms with Crippen LogP contribution in [0.15, 0.2) is 36.4 Å². The Kier molecular flexibility index (Phi) is 10.1. The smallest absolute Gasteiger partial charge is 0.423 e. The van der Waals surface area contributed by atoms with E-state index in [1.54, 1.807) is 12.1 Å². The third kappa shape index (κ3) is 6.05. The Hall–Kier alpha value is -1.59. The van der Waals surface area contributed by atoms with E-state index in [0.717, 1.165) is 36.8 Å². The lowest BCUT2D eigenvalue weighted by Gasteiger charge is -2.39. The molecule has 0 unspecified atom stereocenters. The number of unbranched alkanes of at least 4 members (excludes halogenated alkanes) is 2. The first-order valence-corrected chi connectivity index (χ1v) is 13.8. The van der Waals surface area contributed by atoms with Crippen LogP contribution in [-0.2, 0) is 5.41 Å². The fourth-order valence-electron chi connectivity index (χ4n) is 6.25. The van der Waals surface area contributed by atoms with Crippen molar-refractivity contribution in [2.45, 2.75) is 97.3 Å². The second-order valence-corrected chi connectivity index (χ2v) is 10.7. The van der Waals surface area contributed by atoms with E-state index in [2.05, 4.69) is 27.7 Å². The van der Waals surface area contributed by atoms with Gasteiger partial charge in [-0.2, -0.15) is 0 Å². The van der Waals surface area contributed by atoms with Crippen molar-refractivity contribution < 1.29 is 20.1 Å². The molecule has 0 saturated carbocycles. The molecule has 35 heavy (non-hydrogen) atoms. The van der Waals surface area contributed by atoms with Crippen LogP contribution in [0.2, 0.25) is 0 Å². The van der Waals surface area contributed by atoms with E-state index in [-0.39, 0.29) is 5.41 Å². The van der Waals surface area contributed by atoms with E-state index in [9.17, 15) is 20.1 Å².